The number of anilines is 1. The Bertz CT molecular complexity index is 772. The Hall–Kier alpha value is -1.25. The summed E-state index contributed by atoms with van der Waals surface area (Å²) >= 11 is 1.61. The minimum absolute atomic E-state index is 0.277. The molecule has 1 fully saturated rings. The van der Waals surface area contributed by atoms with Crippen LogP contribution in [0.3, 0.4) is 0 Å². The summed E-state index contributed by atoms with van der Waals surface area (Å²) in [5.74, 6) is 1.99. The molecule has 120 valence electrons. The molecule has 3 rings (SSSR count). The molecule has 2 aromatic heterocycles. The maximum atomic E-state index is 11.9. The molecule has 2 aromatic rings. The SMILES string of the molecule is CCc1nc(N(C)CCN2CCCS2(=O)=O)c2ccsc2n1. The monoisotopic (exact) mass is 340 g/mol. The fraction of sp³-hybridized carbons (Fsp3) is 0.571. The number of rotatable bonds is 5. The lowest BCUT2D eigenvalue weighted by Crippen LogP contribution is -2.34. The fourth-order valence-electron chi connectivity index (χ4n) is 2.64. The largest absolute Gasteiger partial charge is 0.358 e. The number of nitrogens with zero attached hydrogens (tertiary/aromatic N) is 4. The van der Waals surface area contributed by atoms with E-state index in [-0.39, 0.29) is 5.75 Å². The molecule has 6 nitrogen and oxygen atoms in total. The summed E-state index contributed by atoms with van der Waals surface area (Å²) in [7, 11) is -1.07. The number of hydrogen-bond donors (Lipinski definition) is 0. The molecule has 1 aliphatic heterocycles. The van der Waals surface area contributed by atoms with E-state index in [9.17, 15) is 8.42 Å². The van der Waals surface area contributed by atoms with E-state index in [1.54, 1.807) is 15.6 Å². The van der Waals surface area contributed by atoms with Gasteiger partial charge in [0.15, 0.2) is 0 Å². The van der Waals surface area contributed by atoms with Crippen molar-refractivity contribution in [2.75, 3.05) is 37.3 Å². The predicted molar refractivity (Wildman–Crippen MR) is 90.0 cm³/mol. The highest BCUT2D eigenvalue weighted by Gasteiger charge is 2.28. The molecule has 8 heteroatoms. The standard InChI is InChI=1S/C14H20N4O2S2/c1-3-12-15-13(11-5-9-21-14(11)16-12)17(2)7-8-18-6-4-10-22(18,19)20/h5,9H,3-4,6-8,10H2,1-2H3. The summed E-state index contributed by atoms with van der Waals surface area (Å²) in [6, 6.07) is 2.03. The third-order valence-corrected chi connectivity index (χ3v) is 6.68. The van der Waals surface area contributed by atoms with Gasteiger partial charge in [-0.05, 0) is 17.9 Å². The Morgan fingerprint density at radius 2 is 2.23 bits per heavy atom. The molecular weight excluding hydrogens is 320 g/mol. The average Bonchev–Trinajstić information content (AvgIpc) is 3.09. The van der Waals surface area contributed by atoms with Gasteiger partial charge in [-0.1, -0.05) is 6.92 Å². The highest BCUT2D eigenvalue weighted by Crippen LogP contribution is 2.27. The molecule has 0 amide bonds. The van der Waals surface area contributed by atoms with Gasteiger partial charge in [-0.15, -0.1) is 11.3 Å². The van der Waals surface area contributed by atoms with Crippen LogP contribution in [0.5, 0.6) is 0 Å². The molecule has 1 aliphatic rings. The van der Waals surface area contributed by atoms with Crippen molar-refractivity contribution in [3.05, 3.63) is 17.3 Å². The van der Waals surface area contributed by atoms with Gasteiger partial charge < -0.3 is 4.90 Å². The van der Waals surface area contributed by atoms with Crippen molar-refractivity contribution < 1.29 is 8.42 Å². The molecule has 0 saturated carbocycles. The molecule has 0 unspecified atom stereocenters. The van der Waals surface area contributed by atoms with Crippen molar-refractivity contribution in [1.82, 2.24) is 14.3 Å². The van der Waals surface area contributed by atoms with Gasteiger partial charge in [0.1, 0.15) is 16.5 Å². The van der Waals surface area contributed by atoms with Crippen molar-refractivity contribution >= 4 is 37.4 Å². The van der Waals surface area contributed by atoms with E-state index in [0.29, 0.717) is 19.6 Å². The quantitative estimate of drug-likeness (QED) is 0.829. The number of aryl methyl sites for hydroxylation is 1. The Labute approximate surface area is 134 Å². The summed E-state index contributed by atoms with van der Waals surface area (Å²) in [5.41, 5.74) is 0. The van der Waals surface area contributed by atoms with Gasteiger partial charge in [0.25, 0.3) is 0 Å². The zero-order valence-corrected chi connectivity index (χ0v) is 14.5. The number of aromatic nitrogens is 2. The summed E-state index contributed by atoms with van der Waals surface area (Å²) < 4.78 is 25.3. The first-order valence-corrected chi connectivity index (χ1v) is 9.93. The van der Waals surface area contributed by atoms with Gasteiger partial charge in [0, 0.05) is 33.1 Å². The summed E-state index contributed by atoms with van der Waals surface area (Å²) in [6.45, 7) is 3.81. The zero-order valence-electron chi connectivity index (χ0n) is 12.8. The van der Waals surface area contributed by atoms with E-state index < -0.39 is 10.0 Å². The Morgan fingerprint density at radius 1 is 1.41 bits per heavy atom. The van der Waals surface area contributed by atoms with Gasteiger partial charge in [0.2, 0.25) is 10.0 Å². The topological polar surface area (TPSA) is 66.4 Å². The minimum Gasteiger partial charge on any atom is -0.358 e. The van der Waals surface area contributed by atoms with Crippen LogP contribution in [0.4, 0.5) is 5.82 Å². The van der Waals surface area contributed by atoms with Crippen LogP contribution in [0, 0.1) is 0 Å². The van der Waals surface area contributed by atoms with Crippen molar-refractivity contribution in [3.8, 4) is 0 Å². The first-order chi connectivity index (χ1) is 10.5. The smallest absolute Gasteiger partial charge is 0.214 e. The Kier molecular flexibility index (Phi) is 4.33. The Morgan fingerprint density at radius 3 is 2.91 bits per heavy atom. The van der Waals surface area contributed by atoms with Crippen LogP contribution in [0.15, 0.2) is 11.4 Å². The van der Waals surface area contributed by atoms with Gasteiger partial charge in [-0.3, -0.25) is 0 Å². The van der Waals surface area contributed by atoms with Crippen LogP contribution in [-0.4, -0.2) is 55.1 Å². The minimum atomic E-state index is -3.03. The second kappa shape index (κ2) is 6.10. The molecule has 22 heavy (non-hydrogen) atoms. The summed E-state index contributed by atoms with van der Waals surface area (Å²) in [6.07, 6.45) is 1.52. The van der Waals surface area contributed by atoms with Gasteiger partial charge in [-0.25, -0.2) is 22.7 Å². The number of likely N-dealkylation sites (N-methyl/N-ethyl adjacent to an activating group) is 1. The second-order valence-electron chi connectivity index (χ2n) is 5.45. The molecule has 0 atom stereocenters. The maximum Gasteiger partial charge on any atom is 0.214 e. The molecule has 0 radical (unpaired) electrons. The Balaban J connectivity index is 1.80. The summed E-state index contributed by atoms with van der Waals surface area (Å²) in [5, 5.41) is 3.05. The van der Waals surface area contributed by atoms with Crippen LogP contribution in [0.25, 0.3) is 10.2 Å². The van der Waals surface area contributed by atoms with E-state index in [1.807, 2.05) is 30.3 Å². The van der Waals surface area contributed by atoms with Crippen LogP contribution in [0.2, 0.25) is 0 Å². The normalized spacial score (nSPS) is 18.1. The molecule has 0 aliphatic carbocycles. The molecule has 0 N–H and O–H groups in total. The van der Waals surface area contributed by atoms with Gasteiger partial charge in [0.05, 0.1) is 11.1 Å². The molecule has 3 heterocycles. The summed E-state index contributed by atoms with van der Waals surface area (Å²) in [4.78, 5) is 12.2. The van der Waals surface area contributed by atoms with Crippen LogP contribution >= 0.6 is 11.3 Å². The first-order valence-electron chi connectivity index (χ1n) is 7.44. The van der Waals surface area contributed by atoms with Crippen LogP contribution in [0.1, 0.15) is 19.2 Å². The number of fused-ring (bicyclic) bond motifs is 1. The maximum absolute atomic E-state index is 11.9. The van der Waals surface area contributed by atoms with E-state index in [0.717, 1.165) is 34.7 Å². The third-order valence-electron chi connectivity index (χ3n) is 3.92. The highest BCUT2D eigenvalue weighted by atomic mass is 32.2. The predicted octanol–water partition coefficient (Wildman–Crippen LogP) is 1.73. The lowest BCUT2D eigenvalue weighted by Gasteiger charge is -2.22. The lowest BCUT2D eigenvalue weighted by molar-refractivity contribution is 0.449. The van der Waals surface area contributed by atoms with Crippen molar-refractivity contribution in [3.63, 3.8) is 0 Å². The first kappa shape index (κ1) is 15.6. The number of sulfonamides is 1. The van der Waals surface area contributed by atoms with Gasteiger partial charge >= 0.3 is 0 Å². The van der Waals surface area contributed by atoms with E-state index in [2.05, 4.69) is 9.97 Å². The molecular formula is C14H20N4O2S2. The highest BCUT2D eigenvalue weighted by molar-refractivity contribution is 7.89. The van der Waals surface area contributed by atoms with Crippen LogP contribution in [-0.2, 0) is 16.4 Å². The average molecular weight is 340 g/mol. The van der Waals surface area contributed by atoms with E-state index >= 15 is 0 Å². The molecule has 0 bridgehead atoms. The third kappa shape index (κ3) is 2.95. The second-order valence-corrected chi connectivity index (χ2v) is 8.43. The van der Waals surface area contributed by atoms with E-state index in [4.69, 9.17) is 0 Å². The van der Waals surface area contributed by atoms with E-state index in [1.165, 1.54) is 0 Å². The van der Waals surface area contributed by atoms with Crippen molar-refractivity contribution in [2.24, 2.45) is 0 Å². The number of thiophene rings is 1. The lowest BCUT2D eigenvalue weighted by atomic mass is 10.3. The van der Waals surface area contributed by atoms with Gasteiger partial charge in [-0.2, -0.15) is 0 Å². The van der Waals surface area contributed by atoms with Crippen LogP contribution < -0.4 is 4.90 Å². The zero-order chi connectivity index (χ0) is 15.7. The number of hydrogen-bond acceptors (Lipinski definition) is 6. The fourth-order valence-corrected chi connectivity index (χ4v) is 4.94. The molecule has 1 saturated heterocycles. The van der Waals surface area contributed by atoms with Crippen molar-refractivity contribution in [2.45, 2.75) is 19.8 Å². The van der Waals surface area contributed by atoms with Crippen molar-refractivity contribution in [1.29, 1.82) is 0 Å². The molecule has 0 aromatic carbocycles. The molecule has 0 spiro atoms.